The third-order valence-corrected chi connectivity index (χ3v) is 4.10. The summed E-state index contributed by atoms with van der Waals surface area (Å²) in [5.41, 5.74) is 0.549. The number of carbonyl (C=O) groups is 1. The molecule has 0 amide bonds. The minimum Gasteiger partial charge on any atom is -0.497 e. The summed E-state index contributed by atoms with van der Waals surface area (Å²) in [6.07, 6.45) is 0. The summed E-state index contributed by atoms with van der Waals surface area (Å²) in [5, 5.41) is 0.662. The summed E-state index contributed by atoms with van der Waals surface area (Å²) >= 11 is 7.37. The molecule has 0 spiro atoms. The maximum atomic E-state index is 12.3. The third kappa shape index (κ3) is 4.16. The van der Waals surface area contributed by atoms with Crippen LogP contribution in [0.15, 0.2) is 47.4 Å². The molecule has 0 aliphatic heterocycles. The summed E-state index contributed by atoms with van der Waals surface area (Å²) in [6, 6.07) is 12.6. The van der Waals surface area contributed by atoms with E-state index in [1.165, 1.54) is 18.9 Å². The van der Waals surface area contributed by atoms with Gasteiger partial charge in [0, 0.05) is 16.0 Å². The average molecular weight is 323 g/mol. The monoisotopic (exact) mass is 322 g/mol. The van der Waals surface area contributed by atoms with Crippen LogP contribution in [-0.4, -0.2) is 25.8 Å². The molecule has 5 heteroatoms. The summed E-state index contributed by atoms with van der Waals surface area (Å²) in [6.45, 7) is 0. The zero-order valence-electron chi connectivity index (χ0n) is 11.8. The van der Waals surface area contributed by atoms with E-state index < -0.39 is 0 Å². The van der Waals surface area contributed by atoms with E-state index in [1.54, 1.807) is 31.4 Å². The highest BCUT2D eigenvalue weighted by molar-refractivity contribution is 8.00. The molecule has 0 aliphatic carbocycles. The van der Waals surface area contributed by atoms with Crippen molar-refractivity contribution >= 4 is 29.1 Å². The van der Waals surface area contributed by atoms with Crippen molar-refractivity contribution in [2.24, 2.45) is 0 Å². The topological polar surface area (TPSA) is 35.5 Å². The molecule has 110 valence electrons. The number of hydrogen-bond donors (Lipinski definition) is 0. The Morgan fingerprint density at radius 3 is 2.62 bits per heavy atom. The van der Waals surface area contributed by atoms with Gasteiger partial charge in [-0.05, 0) is 30.3 Å². The van der Waals surface area contributed by atoms with Crippen molar-refractivity contribution in [1.82, 2.24) is 0 Å². The Bertz CT molecular complexity index is 643. The highest BCUT2D eigenvalue weighted by atomic mass is 35.5. The summed E-state index contributed by atoms with van der Waals surface area (Å²) in [7, 11) is 3.11. The highest BCUT2D eigenvalue weighted by Crippen LogP contribution is 2.28. The zero-order valence-corrected chi connectivity index (χ0v) is 13.3. The molecular weight excluding hydrogens is 308 g/mol. The van der Waals surface area contributed by atoms with Gasteiger partial charge in [0.25, 0.3) is 0 Å². The van der Waals surface area contributed by atoms with Crippen LogP contribution in [0.3, 0.4) is 0 Å². The van der Waals surface area contributed by atoms with Gasteiger partial charge in [0.2, 0.25) is 0 Å². The number of ether oxygens (including phenoxy) is 2. The maximum Gasteiger partial charge on any atom is 0.176 e. The third-order valence-electron chi connectivity index (χ3n) is 2.88. The fourth-order valence-electron chi connectivity index (χ4n) is 1.81. The fourth-order valence-corrected chi connectivity index (χ4v) is 2.91. The lowest BCUT2D eigenvalue weighted by molar-refractivity contribution is 0.101. The van der Waals surface area contributed by atoms with Crippen LogP contribution in [0, 0.1) is 0 Å². The van der Waals surface area contributed by atoms with Crippen LogP contribution in [0.5, 0.6) is 11.5 Å². The Hall–Kier alpha value is -1.65. The Balaban J connectivity index is 2.10. The van der Waals surface area contributed by atoms with Crippen molar-refractivity contribution in [3.63, 3.8) is 0 Å². The lowest BCUT2D eigenvalue weighted by Gasteiger charge is -2.09. The molecule has 0 N–H and O–H groups in total. The minimum absolute atomic E-state index is 0.000483. The van der Waals surface area contributed by atoms with Crippen molar-refractivity contribution < 1.29 is 14.3 Å². The van der Waals surface area contributed by atoms with Crippen molar-refractivity contribution in [2.45, 2.75) is 4.90 Å². The van der Waals surface area contributed by atoms with E-state index in [0.29, 0.717) is 27.8 Å². The molecule has 0 heterocycles. The number of ketones is 1. The van der Waals surface area contributed by atoms with Crippen LogP contribution < -0.4 is 9.47 Å². The average Bonchev–Trinajstić information content (AvgIpc) is 2.52. The SMILES string of the molecule is COc1ccc(C(=O)CSc2cccc(Cl)c2)c(OC)c1. The van der Waals surface area contributed by atoms with Crippen molar-refractivity contribution in [1.29, 1.82) is 0 Å². The van der Waals surface area contributed by atoms with Gasteiger partial charge in [-0.25, -0.2) is 0 Å². The van der Waals surface area contributed by atoms with Gasteiger partial charge >= 0.3 is 0 Å². The summed E-state index contributed by atoms with van der Waals surface area (Å²) < 4.78 is 10.4. The number of Topliss-reactive ketones (excluding diaryl/α,β-unsaturated/α-hetero) is 1. The Morgan fingerprint density at radius 1 is 1.14 bits per heavy atom. The molecule has 2 rings (SSSR count). The zero-order chi connectivity index (χ0) is 15.2. The minimum atomic E-state index is -0.000483. The van der Waals surface area contributed by atoms with Gasteiger partial charge < -0.3 is 9.47 Å². The van der Waals surface area contributed by atoms with Gasteiger partial charge in [0.05, 0.1) is 25.5 Å². The molecule has 0 saturated carbocycles. The Morgan fingerprint density at radius 2 is 1.95 bits per heavy atom. The van der Waals surface area contributed by atoms with E-state index >= 15 is 0 Å². The number of benzene rings is 2. The molecule has 0 unspecified atom stereocenters. The van der Waals surface area contributed by atoms with Crippen molar-refractivity contribution in [3.8, 4) is 11.5 Å². The number of rotatable bonds is 6. The smallest absolute Gasteiger partial charge is 0.176 e. The van der Waals surface area contributed by atoms with Gasteiger partial charge in [-0.3, -0.25) is 4.79 Å². The normalized spacial score (nSPS) is 10.2. The molecule has 0 saturated heterocycles. The van der Waals surface area contributed by atoms with Crippen LogP contribution >= 0.6 is 23.4 Å². The van der Waals surface area contributed by atoms with Crippen LogP contribution in [0.1, 0.15) is 10.4 Å². The van der Waals surface area contributed by atoms with Gasteiger partial charge in [-0.1, -0.05) is 17.7 Å². The highest BCUT2D eigenvalue weighted by Gasteiger charge is 2.13. The first-order valence-electron chi connectivity index (χ1n) is 6.27. The second kappa shape index (κ2) is 7.38. The molecule has 0 aromatic heterocycles. The van der Waals surface area contributed by atoms with Gasteiger partial charge in [-0.15, -0.1) is 11.8 Å². The molecule has 0 aliphatic rings. The molecule has 0 atom stereocenters. The Kier molecular flexibility index (Phi) is 5.53. The summed E-state index contributed by atoms with van der Waals surface area (Å²) in [4.78, 5) is 13.3. The van der Waals surface area contributed by atoms with Crippen LogP contribution in [0.25, 0.3) is 0 Å². The molecule has 3 nitrogen and oxygen atoms in total. The standard InChI is InChI=1S/C16H15ClO3S/c1-19-12-6-7-14(16(9-12)20-2)15(18)10-21-13-5-3-4-11(17)8-13/h3-9H,10H2,1-2H3. The first kappa shape index (κ1) is 15.7. The van der Waals surface area contributed by atoms with Gasteiger partial charge in [0.1, 0.15) is 11.5 Å². The molecule has 21 heavy (non-hydrogen) atoms. The second-order valence-corrected chi connectivity index (χ2v) is 5.72. The van der Waals surface area contributed by atoms with Gasteiger partial charge in [-0.2, -0.15) is 0 Å². The molecular formula is C16H15ClO3S. The lowest BCUT2D eigenvalue weighted by atomic mass is 10.1. The van der Waals surface area contributed by atoms with Crippen LogP contribution in [0.2, 0.25) is 5.02 Å². The number of carbonyl (C=O) groups excluding carboxylic acids is 1. The number of thioether (sulfide) groups is 1. The van der Waals surface area contributed by atoms with E-state index in [-0.39, 0.29) is 5.78 Å². The van der Waals surface area contributed by atoms with Crippen LogP contribution in [-0.2, 0) is 0 Å². The molecule has 2 aromatic carbocycles. The second-order valence-electron chi connectivity index (χ2n) is 4.24. The van der Waals surface area contributed by atoms with E-state index in [2.05, 4.69) is 0 Å². The number of halogens is 1. The van der Waals surface area contributed by atoms with E-state index in [9.17, 15) is 4.79 Å². The predicted molar refractivity (Wildman–Crippen MR) is 86.1 cm³/mol. The summed E-state index contributed by atoms with van der Waals surface area (Å²) in [5.74, 6) is 1.50. The Labute approximate surface area is 133 Å². The molecule has 0 radical (unpaired) electrons. The van der Waals surface area contributed by atoms with Crippen molar-refractivity contribution in [2.75, 3.05) is 20.0 Å². The maximum absolute atomic E-state index is 12.3. The first-order chi connectivity index (χ1) is 10.1. The number of methoxy groups -OCH3 is 2. The quantitative estimate of drug-likeness (QED) is 0.585. The molecule has 0 bridgehead atoms. The van der Waals surface area contributed by atoms with E-state index in [1.807, 2.05) is 18.2 Å². The van der Waals surface area contributed by atoms with E-state index in [4.69, 9.17) is 21.1 Å². The lowest BCUT2D eigenvalue weighted by Crippen LogP contribution is -2.05. The predicted octanol–water partition coefficient (Wildman–Crippen LogP) is 4.33. The van der Waals surface area contributed by atoms with Gasteiger partial charge in [0.15, 0.2) is 5.78 Å². The fraction of sp³-hybridized carbons (Fsp3) is 0.188. The molecule has 2 aromatic rings. The molecule has 0 fully saturated rings. The van der Waals surface area contributed by atoms with Crippen molar-refractivity contribution in [3.05, 3.63) is 53.1 Å². The largest absolute Gasteiger partial charge is 0.497 e. The number of hydrogen-bond acceptors (Lipinski definition) is 4. The van der Waals surface area contributed by atoms with Crippen LogP contribution in [0.4, 0.5) is 0 Å². The first-order valence-corrected chi connectivity index (χ1v) is 7.64. The van der Waals surface area contributed by atoms with E-state index in [0.717, 1.165) is 4.90 Å².